The molecule has 2 atom stereocenters. The molecule has 0 heterocycles. The molecule has 1 rings (SSSR count). The second-order valence-electron chi connectivity index (χ2n) is 3.80. The highest BCUT2D eigenvalue weighted by Crippen LogP contribution is 2.47. The number of aliphatic hydroxyl groups is 1. The predicted octanol–water partition coefficient (Wildman–Crippen LogP) is 1.97. The normalized spacial score (nSPS) is 30.5. The lowest BCUT2D eigenvalue weighted by molar-refractivity contribution is -0.00393. The molecule has 0 bridgehead atoms. The van der Waals surface area contributed by atoms with Crippen LogP contribution in [0, 0.1) is 11.8 Å². The first-order valence-electron chi connectivity index (χ1n) is 3.86. The van der Waals surface area contributed by atoms with Gasteiger partial charge in [0.05, 0.1) is 5.60 Å². The standard InChI is InChI=1S/C9H16O/c1-6(2)9(4,10)8-5-7(8)3/h6,8,10H,3,5H2,1-2,4H3/t8-,9-/m0/s1. The van der Waals surface area contributed by atoms with Crippen molar-refractivity contribution in [2.75, 3.05) is 0 Å². The van der Waals surface area contributed by atoms with Crippen molar-refractivity contribution in [2.45, 2.75) is 32.8 Å². The second kappa shape index (κ2) is 2.09. The van der Waals surface area contributed by atoms with Crippen LogP contribution in [0.1, 0.15) is 27.2 Å². The van der Waals surface area contributed by atoms with Gasteiger partial charge >= 0.3 is 0 Å². The van der Waals surface area contributed by atoms with Crippen molar-refractivity contribution >= 4 is 0 Å². The molecule has 0 saturated heterocycles. The van der Waals surface area contributed by atoms with Crippen LogP contribution in [0.5, 0.6) is 0 Å². The van der Waals surface area contributed by atoms with Gasteiger partial charge in [-0.2, -0.15) is 0 Å². The van der Waals surface area contributed by atoms with E-state index in [1.54, 1.807) is 0 Å². The van der Waals surface area contributed by atoms with E-state index in [4.69, 9.17) is 0 Å². The second-order valence-corrected chi connectivity index (χ2v) is 3.80. The first kappa shape index (κ1) is 7.80. The lowest BCUT2D eigenvalue weighted by atomic mass is 9.87. The highest BCUT2D eigenvalue weighted by molar-refractivity contribution is 5.24. The molecule has 1 fully saturated rings. The zero-order chi connectivity index (χ0) is 7.94. The van der Waals surface area contributed by atoms with Crippen LogP contribution in [-0.2, 0) is 0 Å². The van der Waals surface area contributed by atoms with E-state index in [9.17, 15) is 5.11 Å². The Bertz CT molecular complexity index is 156. The highest BCUT2D eigenvalue weighted by Gasteiger charge is 2.45. The van der Waals surface area contributed by atoms with Crippen molar-refractivity contribution in [2.24, 2.45) is 11.8 Å². The fraction of sp³-hybridized carbons (Fsp3) is 0.778. The topological polar surface area (TPSA) is 20.2 Å². The molecule has 10 heavy (non-hydrogen) atoms. The third-order valence-corrected chi connectivity index (χ3v) is 2.67. The molecule has 0 aromatic carbocycles. The van der Waals surface area contributed by atoms with Crippen LogP contribution in [0.25, 0.3) is 0 Å². The molecule has 0 aromatic rings. The number of rotatable bonds is 2. The van der Waals surface area contributed by atoms with Crippen molar-refractivity contribution < 1.29 is 5.11 Å². The molecule has 0 unspecified atom stereocenters. The van der Waals surface area contributed by atoms with Crippen LogP contribution in [-0.4, -0.2) is 10.7 Å². The third kappa shape index (κ3) is 1.10. The Kier molecular flexibility index (Phi) is 1.63. The largest absolute Gasteiger partial charge is 0.389 e. The average molecular weight is 140 g/mol. The molecule has 58 valence electrons. The van der Waals surface area contributed by atoms with Crippen LogP contribution in [0.15, 0.2) is 12.2 Å². The lowest BCUT2D eigenvalue weighted by Gasteiger charge is -2.27. The summed E-state index contributed by atoms with van der Waals surface area (Å²) in [5.74, 6) is 0.698. The molecule has 0 aliphatic heterocycles. The van der Waals surface area contributed by atoms with Gasteiger partial charge in [-0.1, -0.05) is 26.0 Å². The molecular formula is C9H16O. The van der Waals surface area contributed by atoms with Crippen molar-refractivity contribution in [3.05, 3.63) is 12.2 Å². The van der Waals surface area contributed by atoms with Gasteiger partial charge in [-0.05, 0) is 19.3 Å². The molecule has 1 nitrogen and oxygen atoms in total. The molecule has 1 saturated carbocycles. The molecule has 0 aromatic heterocycles. The van der Waals surface area contributed by atoms with Crippen LogP contribution in [0.4, 0.5) is 0 Å². The van der Waals surface area contributed by atoms with Gasteiger partial charge in [-0.3, -0.25) is 0 Å². The van der Waals surface area contributed by atoms with E-state index >= 15 is 0 Å². The summed E-state index contributed by atoms with van der Waals surface area (Å²) in [5.41, 5.74) is 0.690. The maximum Gasteiger partial charge on any atom is 0.0710 e. The minimum atomic E-state index is -0.517. The van der Waals surface area contributed by atoms with Gasteiger partial charge in [0.2, 0.25) is 0 Å². The average Bonchev–Trinajstić information content (AvgIpc) is 2.46. The summed E-state index contributed by atoms with van der Waals surface area (Å²) in [6.07, 6.45) is 1.02. The van der Waals surface area contributed by atoms with Gasteiger partial charge in [-0.25, -0.2) is 0 Å². The minimum absolute atomic E-state index is 0.330. The Hall–Kier alpha value is -0.300. The van der Waals surface area contributed by atoms with Crippen molar-refractivity contribution in [1.29, 1.82) is 0 Å². The van der Waals surface area contributed by atoms with Gasteiger partial charge in [0.15, 0.2) is 0 Å². The summed E-state index contributed by atoms with van der Waals surface area (Å²) in [7, 11) is 0. The van der Waals surface area contributed by atoms with Crippen molar-refractivity contribution in [1.82, 2.24) is 0 Å². The van der Waals surface area contributed by atoms with E-state index in [-0.39, 0.29) is 0 Å². The van der Waals surface area contributed by atoms with Crippen LogP contribution < -0.4 is 0 Å². The summed E-state index contributed by atoms with van der Waals surface area (Å²) in [6.45, 7) is 9.83. The molecule has 0 amide bonds. The fourth-order valence-electron chi connectivity index (χ4n) is 1.23. The number of hydrogen-bond acceptors (Lipinski definition) is 1. The zero-order valence-electron chi connectivity index (χ0n) is 7.02. The van der Waals surface area contributed by atoms with Gasteiger partial charge in [-0.15, -0.1) is 0 Å². The Balaban J connectivity index is 2.60. The predicted molar refractivity (Wildman–Crippen MR) is 42.7 cm³/mol. The smallest absolute Gasteiger partial charge is 0.0710 e. The van der Waals surface area contributed by atoms with Crippen molar-refractivity contribution in [3.63, 3.8) is 0 Å². The molecule has 1 aliphatic carbocycles. The molecule has 1 N–H and O–H groups in total. The van der Waals surface area contributed by atoms with Crippen LogP contribution in [0.2, 0.25) is 0 Å². The van der Waals surface area contributed by atoms with E-state index in [0.29, 0.717) is 11.8 Å². The number of hydrogen-bond donors (Lipinski definition) is 1. The quantitative estimate of drug-likeness (QED) is 0.581. The monoisotopic (exact) mass is 140 g/mol. The Labute approximate surface area is 62.8 Å². The van der Waals surface area contributed by atoms with E-state index in [1.807, 2.05) is 20.8 Å². The SMILES string of the molecule is C=C1C[C@@H]1[C@@](C)(O)C(C)C. The molecule has 0 radical (unpaired) electrons. The lowest BCUT2D eigenvalue weighted by Crippen LogP contribution is -2.33. The van der Waals surface area contributed by atoms with E-state index in [2.05, 4.69) is 6.58 Å². The van der Waals surface area contributed by atoms with Crippen molar-refractivity contribution in [3.8, 4) is 0 Å². The van der Waals surface area contributed by atoms with Gasteiger partial charge in [0.25, 0.3) is 0 Å². The maximum absolute atomic E-state index is 9.84. The fourth-order valence-corrected chi connectivity index (χ4v) is 1.23. The first-order valence-corrected chi connectivity index (χ1v) is 3.86. The Morgan fingerprint density at radius 1 is 1.70 bits per heavy atom. The van der Waals surface area contributed by atoms with E-state index < -0.39 is 5.60 Å². The Morgan fingerprint density at radius 2 is 2.10 bits per heavy atom. The summed E-state index contributed by atoms with van der Waals surface area (Å²) in [4.78, 5) is 0. The summed E-state index contributed by atoms with van der Waals surface area (Å²) < 4.78 is 0. The van der Waals surface area contributed by atoms with Gasteiger partial charge in [0.1, 0.15) is 0 Å². The van der Waals surface area contributed by atoms with E-state index in [1.165, 1.54) is 5.57 Å². The molecule has 1 aliphatic rings. The maximum atomic E-state index is 9.84. The van der Waals surface area contributed by atoms with Gasteiger partial charge < -0.3 is 5.11 Å². The minimum Gasteiger partial charge on any atom is -0.389 e. The Morgan fingerprint density at radius 3 is 2.20 bits per heavy atom. The summed E-state index contributed by atoms with van der Waals surface area (Å²) in [6, 6.07) is 0. The first-order chi connectivity index (χ1) is 4.46. The van der Waals surface area contributed by atoms with Crippen LogP contribution >= 0.6 is 0 Å². The van der Waals surface area contributed by atoms with Gasteiger partial charge in [0, 0.05) is 5.92 Å². The summed E-state index contributed by atoms with van der Waals surface area (Å²) in [5, 5.41) is 9.84. The molecule has 1 heteroatoms. The molecule has 0 spiro atoms. The van der Waals surface area contributed by atoms with E-state index in [0.717, 1.165) is 6.42 Å². The highest BCUT2D eigenvalue weighted by atomic mass is 16.3. The zero-order valence-corrected chi connectivity index (χ0v) is 7.02. The van der Waals surface area contributed by atoms with Crippen LogP contribution in [0.3, 0.4) is 0 Å². The summed E-state index contributed by atoms with van der Waals surface area (Å²) >= 11 is 0. The molecular weight excluding hydrogens is 124 g/mol. The third-order valence-electron chi connectivity index (χ3n) is 2.67.